The summed E-state index contributed by atoms with van der Waals surface area (Å²) in [5, 5.41) is 5.67. The topological polar surface area (TPSA) is 59.6 Å². The molecule has 2 rings (SSSR count). The van der Waals surface area contributed by atoms with Crippen molar-refractivity contribution in [2.24, 2.45) is 11.8 Å². The van der Waals surface area contributed by atoms with Gasteiger partial charge in [0.05, 0.1) is 13.2 Å². The molecule has 0 aliphatic heterocycles. The van der Waals surface area contributed by atoms with E-state index < -0.39 is 0 Å². The highest BCUT2D eigenvalue weighted by molar-refractivity contribution is 5.99. The fourth-order valence-corrected chi connectivity index (χ4v) is 2.45. The second-order valence-corrected chi connectivity index (χ2v) is 7.70. The van der Waals surface area contributed by atoms with Crippen LogP contribution in [0.3, 0.4) is 0 Å². The fourth-order valence-electron chi connectivity index (χ4n) is 2.45. The van der Waals surface area contributed by atoms with E-state index in [-0.39, 0.29) is 6.03 Å². The Morgan fingerprint density at radius 1 is 0.786 bits per heavy atom. The lowest BCUT2D eigenvalue weighted by molar-refractivity contribution is 0.262. The minimum absolute atomic E-state index is 0.307. The van der Waals surface area contributed by atoms with Crippen molar-refractivity contribution in [1.82, 2.24) is 0 Å². The van der Waals surface area contributed by atoms with Gasteiger partial charge in [-0.3, -0.25) is 0 Å². The third kappa shape index (κ3) is 8.33. The third-order valence-corrected chi connectivity index (χ3v) is 4.11. The van der Waals surface area contributed by atoms with Gasteiger partial charge in [0.2, 0.25) is 0 Å². The summed E-state index contributed by atoms with van der Waals surface area (Å²) in [7, 11) is 0. The molecule has 0 unspecified atom stereocenters. The first-order valence-corrected chi connectivity index (χ1v) is 9.96. The molecule has 0 bridgehead atoms. The largest absolute Gasteiger partial charge is 0.494 e. The van der Waals surface area contributed by atoms with E-state index in [1.807, 2.05) is 48.5 Å². The van der Waals surface area contributed by atoms with E-state index in [4.69, 9.17) is 9.47 Å². The van der Waals surface area contributed by atoms with Crippen molar-refractivity contribution in [1.29, 1.82) is 0 Å². The van der Waals surface area contributed by atoms with Crippen LogP contribution in [0.2, 0.25) is 0 Å². The molecule has 0 saturated heterocycles. The van der Waals surface area contributed by atoms with Crippen LogP contribution < -0.4 is 20.1 Å². The molecular formula is C23H32N2O3. The lowest BCUT2D eigenvalue weighted by Crippen LogP contribution is -2.19. The zero-order chi connectivity index (χ0) is 20.4. The molecule has 0 radical (unpaired) electrons. The first-order valence-electron chi connectivity index (χ1n) is 9.96. The summed E-state index contributed by atoms with van der Waals surface area (Å²) in [6, 6.07) is 14.5. The van der Waals surface area contributed by atoms with Crippen molar-refractivity contribution in [3.05, 3.63) is 48.5 Å². The molecule has 2 amide bonds. The summed E-state index contributed by atoms with van der Waals surface area (Å²) in [4.78, 5) is 12.3. The number of carbonyl (C=O) groups is 1. The standard InChI is InChI=1S/C23H32N2O3/c1-17(2)11-13-27-21-9-5-7-19(15-21)24-23(26)25-20-8-6-10-22(16-20)28-14-12-18(3)4/h5-10,15-18H,11-14H2,1-4H3,(H2,24,25,26). The average Bonchev–Trinajstić information content (AvgIpc) is 2.61. The van der Waals surface area contributed by atoms with Crippen LogP contribution in [-0.4, -0.2) is 19.2 Å². The molecule has 0 aromatic heterocycles. The van der Waals surface area contributed by atoms with Crippen LogP contribution >= 0.6 is 0 Å². The number of nitrogens with one attached hydrogen (secondary N) is 2. The summed E-state index contributed by atoms with van der Waals surface area (Å²) < 4.78 is 11.5. The minimum Gasteiger partial charge on any atom is -0.494 e. The number of amides is 2. The van der Waals surface area contributed by atoms with E-state index in [0.717, 1.165) is 24.3 Å². The third-order valence-electron chi connectivity index (χ3n) is 4.11. The van der Waals surface area contributed by atoms with Crippen LogP contribution in [-0.2, 0) is 0 Å². The minimum atomic E-state index is -0.307. The summed E-state index contributed by atoms with van der Waals surface area (Å²) >= 11 is 0. The van der Waals surface area contributed by atoms with E-state index in [0.29, 0.717) is 36.4 Å². The quantitative estimate of drug-likeness (QED) is 0.514. The molecule has 2 aromatic carbocycles. The van der Waals surface area contributed by atoms with Crippen molar-refractivity contribution in [3.63, 3.8) is 0 Å². The zero-order valence-electron chi connectivity index (χ0n) is 17.3. The summed E-state index contributed by atoms with van der Waals surface area (Å²) in [6.07, 6.45) is 1.99. The molecule has 28 heavy (non-hydrogen) atoms. The van der Waals surface area contributed by atoms with Crippen LogP contribution in [0.5, 0.6) is 11.5 Å². The average molecular weight is 385 g/mol. The van der Waals surface area contributed by atoms with Crippen molar-refractivity contribution < 1.29 is 14.3 Å². The van der Waals surface area contributed by atoms with E-state index in [2.05, 4.69) is 38.3 Å². The number of hydrogen-bond donors (Lipinski definition) is 2. The molecule has 0 aliphatic carbocycles. The van der Waals surface area contributed by atoms with Crippen LogP contribution in [0, 0.1) is 11.8 Å². The molecule has 5 heteroatoms. The molecule has 0 atom stereocenters. The van der Waals surface area contributed by atoms with E-state index in [9.17, 15) is 4.79 Å². The highest BCUT2D eigenvalue weighted by atomic mass is 16.5. The SMILES string of the molecule is CC(C)CCOc1cccc(NC(=O)Nc2cccc(OCCC(C)C)c2)c1. The second kappa shape index (κ2) is 11.2. The number of carbonyl (C=O) groups excluding carboxylic acids is 1. The maximum atomic E-state index is 12.3. The van der Waals surface area contributed by atoms with Gasteiger partial charge in [-0.05, 0) is 48.9 Å². The van der Waals surface area contributed by atoms with Gasteiger partial charge in [0.15, 0.2) is 0 Å². The van der Waals surface area contributed by atoms with Crippen molar-refractivity contribution >= 4 is 17.4 Å². The van der Waals surface area contributed by atoms with Gasteiger partial charge in [-0.15, -0.1) is 0 Å². The molecule has 0 fully saturated rings. The van der Waals surface area contributed by atoms with Crippen LogP contribution in [0.4, 0.5) is 16.2 Å². The Kier molecular flexibility index (Phi) is 8.66. The van der Waals surface area contributed by atoms with Gasteiger partial charge in [-0.2, -0.15) is 0 Å². The van der Waals surface area contributed by atoms with E-state index in [1.54, 1.807) is 0 Å². The Bertz CT molecular complexity index is 683. The molecular weight excluding hydrogens is 352 g/mol. The highest BCUT2D eigenvalue weighted by Crippen LogP contribution is 2.20. The molecule has 2 N–H and O–H groups in total. The maximum Gasteiger partial charge on any atom is 0.323 e. The molecule has 152 valence electrons. The predicted molar refractivity (Wildman–Crippen MR) is 115 cm³/mol. The van der Waals surface area contributed by atoms with E-state index >= 15 is 0 Å². The fraction of sp³-hybridized carbons (Fsp3) is 0.435. The van der Waals surface area contributed by atoms with Gasteiger partial charge in [-0.1, -0.05) is 39.8 Å². The van der Waals surface area contributed by atoms with Gasteiger partial charge >= 0.3 is 6.03 Å². The lowest BCUT2D eigenvalue weighted by atomic mass is 10.1. The first-order chi connectivity index (χ1) is 13.4. The normalized spacial score (nSPS) is 10.8. The van der Waals surface area contributed by atoms with Crippen molar-refractivity contribution in [3.8, 4) is 11.5 Å². The molecule has 5 nitrogen and oxygen atoms in total. The van der Waals surface area contributed by atoms with Crippen LogP contribution in [0.15, 0.2) is 48.5 Å². The smallest absolute Gasteiger partial charge is 0.323 e. The Morgan fingerprint density at radius 2 is 1.21 bits per heavy atom. The number of benzene rings is 2. The second-order valence-electron chi connectivity index (χ2n) is 7.70. The Morgan fingerprint density at radius 3 is 1.61 bits per heavy atom. The van der Waals surface area contributed by atoms with E-state index in [1.165, 1.54) is 0 Å². The number of rotatable bonds is 10. The molecule has 2 aromatic rings. The molecule has 0 spiro atoms. The number of urea groups is 1. The zero-order valence-corrected chi connectivity index (χ0v) is 17.3. The summed E-state index contributed by atoms with van der Waals surface area (Å²) in [6.45, 7) is 9.98. The van der Waals surface area contributed by atoms with Crippen LogP contribution in [0.25, 0.3) is 0 Å². The summed E-state index contributed by atoms with van der Waals surface area (Å²) in [5.41, 5.74) is 1.37. The summed E-state index contributed by atoms with van der Waals surface area (Å²) in [5.74, 6) is 2.69. The number of anilines is 2. The monoisotopic (exact) mass is 384 g/mol. The van der Waals surface area contributed by atoms with Gasteiger partial charge in [0.25, 0.3) is 0 Å². The molecule has 0 aliphatic rings. The van der Waals surface area contributed by atoms with Crippen molar-refractivity contribution in [2.45, 2.75) is 40.5 Å². The maximum absolute atomic E-state index is 12.3. The Labute approximate surface area is 168 Å². The number of hydrogen-bond acceptors (Lipinski definition) is 3. The van der Waals surface area contributed by atoms with Gasteiger partial charge in [-0.25, -0.2) is 4.79 Å². The van der Waals surface area contributed by atoms with Crippen molar-refractivity contribution in [2.75, 3.05) is 23.8 Å². The Balaban J connectivity index is 1.86. The molecule has 0 saturated carbocycles. The Hall–Kier alpha value is -2.69. The van der Waals surface area contributed by atoms with Gasteiger partial charge in [0, 0.05) is 23.5 Å². The van der Waals surface area contributed by atoms with Gasteiger partial charge < -0.3 is 20.1 Å². The molecule has 0 heterocycles. The van der Waals surface area contributed by atoms with Crippen LogP contribution in [0.1, 0.15) is 40.5 Å². The first kappa shape index (κ1) is 21.6. The number of ether oxygens (including phenoxy) is 2. The van der Waals surface area contributed by atoms with Gasteiger partial charge in [0.1, 0.15) is 11.5 Å². The predicted octanol–water partition coefficient (Wildman–Crippen LogP) is 6.18. The highest BCUT2D eigenvalue weighted by Gasteiger charge is 2.06. The lowest BCUT2D eigenvalue weighted by Gasteiger charge is -2.12.